The van der Waals surface area contributed by atoms with Gasteiger partial charge in [-0.15, -0.1) is 0 Å². The Balaban J connectivity index is 1.82. The highest BCUT2D eigenvalue weighted by Gasteiger charge is 2.18. The van der Waals surface area contributed by atoms with Gasteiger partial charge < -0.3 is 9.80 Å². The van der Waals surface area contributed by atoms with Crippen LogP contribution in [0.5, 0.6) is 0 Å². The van der Waals surface area contributed by atoms with Gasteiger partial charge in [-0.25, -0.2) is 0 Å². The number of para-hydroxylation sites is 1. The molecule has 2 heteroatoms. The highest BCUT2D eigenvalue weighted by atomic mass is 15.2. The second kappa shape index (κ2) is 7.01. The monoisotopic (exact) mass is 271 g/mol. The molecular weight excluding hydrogens is 244 g/mol. The van der Waals surface area contributed by atoms with Crippen LogP contribution in [-0.2, 0) is 0 Å². The predicted molar refractivity (Wildman–Crippen MR) is 86.6 cm³/mol. The molecule has 0 N–H and O–H groups in total. The highest BCUT2D eigenvalue weighted by molar-refractivity contribution is 5.70. The lowest BCUT2D eigenvalue weighted by Gasteiger charge is -2.31. The Kier molecular flexibility index (Phi) is 4.83. The zero-order valence-electron chi connectivity index (χ0n) is 12.6. The molecule has 2 aliphatic rings. The topological polar surface area (TPSA) is 6.48 Å². The van der Waals surface area contributed by atoms with Crippen molar-refractivity contribution in [1.29, 1.82) is 0 Å². The first-order chi connectivity index (χ1) is 9.95. The Bertz CT molecular complexity index is 361. The summed E-state index contributed by atoms with van der Waals surface area (Å²) in [5.74, 6) is 0. The van der Waals surface area contributed by atoms with Crippen LogP contribution in [0.1, 0.15) is 51.4 Å². The van der Waals surface area contributed by atoms with Crippen LogP contribution >= 0.6 is 0 Å². The maximum absolute atomic E-state index is 3.54. The summed E-state index contributed by atoms with van der Waals surface area (Å²) in [6.45, 7) is 4.86. The normalized spacial score (nSPS) is 21.4. The van der Waals surface area contributed by atoms with Crippen LogP contribution in [0.4, 0.5) is 11.4 Å². The van der Waals surface area contributed by atoms with E-state index in [0.29, 0.717) is 0 Å². The molecule has 0 aliphatic carbocycles. The van der Waals surface area contributed by atoms with Gasteiger partial charge in [0.2, 0.25) is 0 Å². The second-order valence-electron chi connectivity index (χ2n) is 6.21. The molecule has 3 rings (SSSR count). The molecule has 0 aromatic heterocycles. The molecule has 20 heavy (non-hydrogen) atoms. The van der Waals surface area contributed by atoms with Gasteiger partial charge in [-0.3, -0.25) is 0 Å². The lowest BCUT2D eigenvalue weighted by molar-refractivity contribution is 0.726. The predicted octanol–water partition coefficient (Wildman–Crippen LogP) is 4.25. The first kappa shape index (κ1) is 13.8. The highest BCUT2D eigenvalue weighted by Crippen LogP contribution is 2.31. The standard InChI is InChI=1S/C18H27N2/c1-2-8-14-19(13-7-1)17-11-5-6-12-18(17)20-15-9-3-4-10-16-20/h5-6,11H,1-4,7-10,13-16H2. The minimum atomic E-state index is 1.21. The summed E-state index contributed by atoms with van der Waals surface area (Å²) >= 11 is 0. The third kappa shape index (κ3) is 3.28. The van der Waals surface area contributed by atoms with Gasteiger partial charge in [0, 0.05) is 32.2 Å². The van der Waals surface area contributed by atoms with E-state index in [1.807, 2.05) is 0 Å². The number of benzene rings is 1. The Morgan fingerprint density at radius 3 is 1.85 bits per heavy atom. The Labute approximate surface area is 123 Å². The average Bonchev–Trinajstić information content (AvgIpc) is 2.92. The maximum Gasteiger partial charge on any atom is 0.0684 e. The van der Waals surface area contributed by atoms with Crippen molar-refractivity contribution in [2.24, 2.45) is 0 Å². The van der Waals surface area contributed by atoms with Gasteiger partial charge in [0.15, 0.2) is 0 Å². The first-order valence-corrected chi connectivity index (χ1v) is 8.46. The fraction of sp³-hybridized carbons (Fsp3) is 0.667. The van der Waals surface area contributed by atoms with Crippen molar-refractivity contribution in [3.8, 4) is 0 Å². The van der Waals surface area contributed by atoms with E-state index in [1.54, 1.807) is 0 Å². The molecule has 1 radical (unpaired) electrons. The van der Waals surface area contributed by atoms with E-state index >= 15 is 0 Å². The molecule has 2 aliphatic heterocycles. The van der Waals surface area contributed by atoms with Gasteiger partial charge >= 0.3 is 0 Å². The van der Waals surface area contributed by atoms with Crippen molar-refractivity contribution in [2.45, 2.75) is 51.4 Å². The van der Waals surface area contributed by atoms with Crippen molar-refractivity contribution in [2.75, 3.05) is 36.0 Å². The van der Waals surface area contributed by atoms with Gasteiger partial charge in [0.1, 0.15) is 0 Å². The fourth-order valence-corrected chi connectivity index (χ4v) is 3.53. The number of hydrogen-bond acceptors (Lipinski definition) is 2. The van der Waals surface area contributed by atoms with Crippen LogP contribution in [0.2, 0.25) is 0 Å². The summed E-state index contributed by atoms with van der Waals surface area (Å²) in [4.78, 5) is 5.18. The zero-order chi connectivity index (χ0) is 13.6. The molecule has 2 heterocycles. The first-order valence-electron chi connectivity index (χ1n) is 8.46. The number of anilines is 2. The molecule has 0 saturated carbocycles. The Hall–Kier alpha value is -1.18. The SMILES string of the molecule is [c]1cccc(N2CCCCCC2)c1N1CCCCCC1. The second-order valence-corrected chi connectivity index (χ2v) is 6.21. The minimum Gasteiger partial charge on any atom is -0.370 e. The van der Waals surface area contributed by atoms with Crippen molar-refractivity contribution < 1.29 is 0 Å². The zero-order valence-corrected chi connectivity index (χ0v) is 12.6. The van der Waals surface area contributed by atoms with Crippen LogP contribution in [0.3, 0.4) is 0 Å². The van der Waals surface area contributed by atoms with Crippen LogP contribution in [-0.4, -0.2) is 26.2 Å². The number of nitrogens with zero attached hydrogens (tertiary/aromatic N) is 2. The molecule has 0 atom stereocenters. The van der Waals surface area contributed by atoms with Gasteiger partial charge in [-0.1, -0.05) is 37.8 Å². The number of rotatable bonds is 2. The Morgan fingerprint density at radius 2 is 1.25 bits per heavy atom. The van der Waals surface area contributed by atoms with Gasteiger partial charge in [-0.05, 0) is 31.7 Å². The van der Waals surface area contributed by atoms with E-state index in [-0.39, 0.29) is 0 Å². The quantitative estimate of drug-likeness (QED) is 0.793. The van der Waals surface area contributed by atoms with E-state index in [1.165, 1.54) is 88.9 Å². The maximum atomic E-state index is 3.54. The van der Waals surface area contributed by atoms with Crippen LogP contribution in [0.25, 0.3) is 0 Å². The van der Waals surface area contributed by atoms with Gasteiger partial charge in [-0.2, -0.15) is 0 Å². The van der Waals surface area contributed by atoms with E-state index in [0.717, 1.165) is 0 Å². The van der Waals surface area contributed by atoms with Crippen molar-refractivity contribution in [3.63, 3.8) is 0 Å². The number of hydrogen-bond donors (Lipinski definition) is 0. The smallest absolute Gasteiger partial charge is 0.0684 e. The average molecular weight is 271 g/mol. The molecule has 0 spiro atoms. The molecule has 0 unspecified atom stereocenters. The summed E-state index contributed by atoms with van der Waals surface area (Å²) in [6.07, 6.45) is 10.9. The molecule has 0 bridgehead atoms. The Morgan fingerprint density at radius 1 is 0.700 bits per heavy atom. The largest absolute Gasteiger partial charge is 0.370 e. The molecular formula is C18H27N2. The summed E-state index contributed by atoms with van der Waals surface area (Å²) in [5.41, 5.74) is 2.78. The minimum absolute atomic E-state index is 1.21. The van der Waals surface area contributed by atoms with E-state index < -0.39 is 0 Å². The summed E-state index contributed by atoms with van der Waals surface area (Å²) in [6, 6.07) is 10.1. The third-order valence-corrected chi connectivity index (χ3v) is 4.68. The van der Waals surface area contributed by atoms with Crippen molar-refractivity contribution >= 4 is 11.4 Å². The fourth-order valence-electron chi connectivity index (χ4n) is 3.53. The van der Waals surface area contributed by atoms with Crippen LogP contribution in [0, 0.1) is 6.07 Å². The lowest BCUT2D eigenvalue weighted by atomic mass is 10.2. The molecule has 2 fully saturated rings. The summed E-state index contributed by atoms with van der Waals surface area (Å²) in [5, 5.41) is 0. The summed E-state index contributed by atoms with van der Waals surface area (Å²) in [7, 11) is 0. The van der Waals surface area contributed by atoms with Gasteiger partial charge in [0.05, 0.1) is 11.4 Å². The molecule has 1 aromatic carbocycles. The van der Waals surface area contributed by atoms with Crippen molar-refractivity contribution in [1.82, 2.24) is 0 Å². The van der Waals surface area contributed by atoms with E-state index in [9.17, 15) is 0 Å². The molecule has 0 amide bonds. The lowest BCUT2D eigenvalue weighted by Crippen LogP contribution is -2.29. The van der Waals surface area contributed by atoms with Crippen LogP contribution < -0.4 is 9.80 Å². The summed E-state index contributed by atoms with van der Waals surface area (Å²) < 4.78 is 0. The van der Waals surface area contributed by atoms with Crippen LogP contribution in [0.15, 0.2) is 18.2 Å². The van der Waals surface area contributed by atoms with Crippen molar-refractivity contribution in [3.05, 3.63) is 24.3 Å². The van der Waals surface area contributed by atoms with E-state index in [2.05, 4.69) is 34.1 Å². The molecule has 1 aromatic rings. The molecule has 109 valence electrons. The molecule has 2 nitrogen and oxygen atoms in total. The van der Waals surface area contributed by atoms with E-state index in [4.69, 9.17) is 0 Å². The van der Waals surface area contributed by atoms with Gasteiger partial charge in [0.25, 0.3) is 0 Å². The third-order valence-electron chi connectivity index (χ3n) is 4.68. The molecule has 2 saturated heterocycles.